The molecule has 0 atom stereocenters. The van der Waals surface area contributed by atoms with Crippen LogP contribution in [-0.4, -0.2) is 8.07 Å². The standard InChI is InChI=1S/C38H49Si.3ClH.Ti/c1-5-9-14-31-19-25-35(26-20-31)39(38-18-12-17-34(38)13-8-4,36-27-21-32(22-28-36)15-10-6-2)37-29-23-33(24-30-37)16-11-7-3;;;;/h12,17-30H,5-11,13-16H2,1-4H3;3*1H;/q-1;;;;+4/p-3. The zero-order valence-corrected chi connectivity index (χ0v) is 31.4. The summed E-state index contributed by atoms with van der Waals surface area (Å²) in [4.78, 5) is 0. The van der Waals surface area contributed by atoms with Crippen molar-refractivity contribution in [3.05, 3.63) is 113 Å². The molecule has 43 heavy (non-hydrogen) atoms. The first kappa shape index (κ1) is 41.8. The Morgan fingerprint density at radius 1 is 0.465 bits per heavy atom. The Labute approximate surface area is 297 Å². The number of halogens is 3. The molecule has 4 aromatic carbocycles. The van der Waals surface area contributed by atoms with Gasteiger partial charge in [0.05, 0.1) is 0 Å². The van der Waals surface area contributed by atoms with E-state index in [0.29, 0.717) is 0 Å². The smallest absolute Gasteiger partial charge is 1.00 e. The van der Waals surface area contributed by atoms with Gasteiger partial charge >= 0.3 is 21.7 Å². The maximum Gasteiger partial charge on any atom is 4.00 e. The number of hydrogen-bond donors (Lipinski definition) is 0. The van der Waals surface area contributed by atoms with Crippen LogP contribution in [0.15, 0.2) is 91.0 Å². The van der Waals surface area contributed by atoms with Crippen molar-refractivity contribution in [1.29, 1.82) is 0 Å². The number of rotatable bonds is 15. The van der Waals surface area contributed by atoms with Gasteiger partial charge < -0.3 is 37.2 Å². The SMILES string of the molecule is CCCCc1ccc([Si](c2ccc(CCCC)cc2)(c2ccc(CCCC)cc2)[c-]2cccc2CCC)cc1.[Cl-].[Cl-].[Cl-].[Ti+4]. The van der Waals surface area contributed by atoms with Gasteiger partial charge in [0.25, 0.3) is 0 Å². The second-order valence-electron chi connectivity index (χ2n) is 11.4. The van der Waals surface area contributed by atoms with Gasteiger partial charge in [-0.05, 0) is 55.2 Å². The summed E-state index contributed by atoms with van der Waals surface area (Å²) in [6, 6.07) is 36.6. The predicted octanol–water partition coefficient (Wildman–Crippen LogP) is -1.23. The van der Waals surface area contributed by atoms with Gasteiger partial charge in [0, 0.05) is 0 Å². The van der Waals surface area contributed by atoms with Crippen molar-refractivity contribution >= 4 is 28.8 Å². The van der Waals surface area contributed by atoms with Crippen molar-refractivity contribution in [2.75, 3.05) is 0 Å². The van der Waals surface area contributed by atoms with Crippen molar-refractivity contribution in [3.63, 3.8) is 0 Å². The van der Waals surface area contributed by atoms with Gasteiger partial charge in [-0.2, -0.15) is 11.6 Å². The first-order valence-electron chi connectivity index (χ1n) is 15.7. The fourth-order valence-electron chi connectivity index (χ4n) is 6.18. The molecule has 0 aromatic heterocycles. The monoisotopic (exact) mass is 686 g/mol. The van der Waals surface area contributed by atoms with E-state index >= 15 is 0 Å². The van der Waals surface area contributed by atoms with Crippen molar-refractivity contribution < 1.29 is 58.9 Å². The minimum absolute atomic E-state index is 0. The van der Waals surface area contributed by atoms with Crippen LogP contribution in [0.1, 0.15) is 94.9 Å². The maximum atomic E-state index is 2.48. The first-order chi connectivity index (χ1) is 19.2. The largest absolute Gasteiger partial charge is 4.00 e. The van der Waals surface area contributed by atoms with E-state index < -0.39 is 8.07 Å². The van der Waals surface area contributed by atoms with E-state index in [9.17, 15) is 0 Å². The van der Waals surface area contributed by atoms with Crippen LogP contribution in [0.4, 0.5) is 0 Å². The second-order valence-corrected chi connectivity index (χ2v) is 15.1. The van der Waals surface area contributed by atoms with Gasteiger partial charge in [-0.15, -0.1) is 5.19 Å². The summed E-state index contributed by atoms with van der Waals surface area (Å²) in [5.74, 6) is 0. The normalized spacial score (nSPS) is 10.6. The van der Waals surface area contributed by atoms with Crippen LogP contribution in [-0.2, 0) is 47.4 Å². The summed E-state index contributed by atoms with van der Waals surface area (Å²) < 4.78 is 0. The molecule has 0 fully saturated rings. The van der Waals surface area contributed by atoms with Crippen LogP contribution < -0.4 is 58.0 Å². The Hall–Kier alpha value is -1.19. The van der Waals surface area contributed by atoms with Gasteiger partial charge in [-0.1, -0.05) is 148 Å². The topological polar surface area (TPSA) is 0 Å². The quantitative estimate of drug-likeness (QED) is 0.0836. The molecule has 0 spiro atoms. The van der Waals surface area contributed by atoms with E-state index in [1.165, 1.54) is 102 Å². The molecule has 4 rings (SSSR count). The van der Waals surface area contributed by atoms with Crippen molar-refractivity contribution in [2.45, 2.75) is 98.3 Å². The molecule has 0 saturated heterocycles. The number of hydrogen-bond acceptors (Lipinski definition) is 0. The van der Waals surface area contributed by atoms with Gasteiger partial charge in [0.1, 0.15) is 8.07 Å². The molecular formula is C38H49Cl3SiTi. The third-order valence-electron chi connectivity index (χ3n) is 8.45. The Balaban J connectivity index is 0.00000441. The van der Waals surface area contributed by atoms with Crippen molar-refractivity contribution in [2.24, 2.45) is 0 Å². The molecule has 0 aliphatic rings. The molecule has 5 heteroatoms. The predicted molar refractivity (Wildman–Crippen MR) is 175 cm³/mol. The molecule has 0 saturated carbocycles. The van der Waals surface area contributed by atoms with Crippen LogP contribution in [0, 0.1) is 0 Å². The number of unbranched alkanes of at least 4 members (excludes halogenated alkanes) is 3. The summed E-state index contributed by atoms with van der Waals surface area (Å²) in [5, 5.41) is 6.10. The summed E-state index contributed by atoms with van der Waals surface area (Å²) in [5.41, 5.74) is 5.92. The van der Waals surface area contributed by atoms with Gasteiger partial charge in [0.15, 0.2) is 0 Å². The summed E-state index contributed by atoms with van der Waals surface area (Å²) in [6.45, 7) is 9.16. The Morgan fingerprint density at radius 3 is 1.12 bits per heavy atom. The molecule has 0 unspecified atom stereocenters. The zero-order valence-electron chi connectivity index (χ0n) is 26.6. The molecule has 0 radical (unpaired) electrons. The molecule has 0 aliphatic carbocycles. The first-order valence-corrected chi connectivity index (χ1v) is 17.7. The third-order valence-corrected chi connectivity index (χ3v) is 13.3. The average molecular weight is 688 g/mol. The van der Waals surface area contributed by atoms with E-state index in [-0.39, 0.29) is 58.9 Å². The molecule has 230 valence electrons. The summed E-state index contributed by atoms with van der Waals surface area (Å²) >= 11 is 0. The van der Waals surface area contributed by atoms with E-state index in [1.807, 2.05) is 0 Å². The Bertz CT molecular complexity index is 1140. The average Bonchev–Trinajstić information content (AvgIpc) is 3.44. The van der Waals surface area contributed by atoms with Crippen molar-refractivity contribution in [3.8, 4) is 0 Å². The summed E-state index contributed by atoms with van der Waals surface area (Å²) in [6.07, 6.45) is 13.3. The second kappa shape index (κ2) is 21.5. The molecule has 0 amide bonds. The van der Waals surface area contributed by atoms with E-state index in [2.05, 4.69) is 119 Å². The Morgan fingerprint density at radius 2 is 0.814 bits per heavy atom. The summed E-state index contributed by atoms with van der Waals surface area (Å²) in [7, 11) is -2.49. The Kier molecular flexibility index (Phi) is 20.9. The molecule has 0 aliphatic heterocycles. The van der Waals surface area contributed by atoms with Crippen LogP contribution in [0.3, 0.4) is 0 Å². The minimum Gasteiger partial charge on any atom is -1.00 e. The molecule has 0 bridgehead atoms. The molecule has 0 nitrogen and oxygen atoms in total. The number of aryl methyl sites for hydroxylation is 4. The minimum atomic E-state index is -2.49. The van der Waals surface area contributed by atoms with Crippen molar-refractivity contribution in [1.82, 2.24) is 0 Å². The fraction of sp³-hybridized carbons (Fsp3) is 0.395. The third kappa shape index (κ3) is 10.2. The van der Waals surface area contributed by atoms with E-state index in [1.54, 1.807) is 5.19 Å². The molecular weight excluding hydrogens is 639 g/mol. The zero-order chi connectivity index (χ0) is 27.5. The molecule has 0 heterocycles. The molecule has 4 aromatic rings. The van der Waals surface area contributed by atoms with Crippen LogP contribution in [0.5, 0.6) is 0 Å². The van der Waals surface area contributed by atoms with Crippen LogP contribution in [0.25, 0.3) is 0 Å². The number of benzene rings is 3. The maximum absolute atomic E-state index is 2.49. The van der Waals surface area contributed by atoms with Gasteiger partial charge in [-0.25, -0.2) is 12.1 Å². The van der Waals surface area contributed by atoms with E-state index in [0.717, 1.165) is 6.42 Å². The fourth-order valence-corrected chi connectivity index (χ4v) is 11.2. The van der Waals surface area contributed by atoms with Crippen LogP contribution in [0.2, 0.25) is 0 Å². The van der Waals surface area contributed by atoms with Gasteiger partial charge in [-0.3, -0.25) is 0 Å². The van der Waals surface area contributed by atoms with E-state index in [4.69, 9.17) is 0 Å². The van der Waals surface area contributed by atoms with Gasteiger partial charge in [0.2, 0.25) is 0 Å². The molecule has 0 N–H and O–H groups in total. The van der Waals surface area contributed by atoms with Crippen LogP contribution >= 0.6 is 0 Å².